The van der Waals surface area contributed by atoms with Gasteiger partial charge >= 0.3 is 0 Å². The Morgan fingerprint density at radius 2 is 0.545 bits per heavy atom. The van der Waals surface area contributed by atoms with E-state index in [0.29, 0.717) is 0 Å². The second kappa shape index (κ2) is 27.3. The number of para-hydroxylation sites is 2. The van der Waals surface area contributed by atoms with E-state index in [1.165, 1.54) is 153 Å². The quantitative estimate of drug-likeness (QED) is 0.126. The maximum atomic E-state index is 2.76. The van der Waals surface area contributed by atoms with Crippen molar-refractivity contribution in [2.45, 2.75) is 124 Å². The topological polar surface area (TPSA) is 6.48 Å². The molecule has 0 aromatic heterocycles. The summed E-state index contributed by atoms with van der Waals surface area (Å²) in [4.78, 5) is 10.5. The van der Waals surface area contributed by atoms with Crippen molar-refractivity contribution in [1.29, 1.82) is 0 Å². The van der Waals surface area contributed by atoms with Gasteiger partial charge in [-0.3, -0.25) is 0 Å². The summed E-state index contributed by atoms with van der Waals surface area (Å²) in [7, 11) is 0. The van der Waals surface area contributed by atoms with Crippen LogP contribution in [-0.2, 0) is 21.7 Å². The van der Waals surface area contributed by atoms with E-state index < -0.39 is 0 Å². The van der Waals surface area contributed by atoms with Crippen LogP contribution in [0.25, 0.3) is 89.0 Å². The molecule has 0 unspecified atom stereocenters. The van der Waals surface area contributed by atoms with Gasteiger partial charge in [0.25, 0.3) is 0 Å². The van der Waals surface area contributed by atoms with Gasteiger partial charge in [-0.2, -0.15) is 0 Å². The third-order valence-electron chi connectivity index (χ3n) is 23.7. The molecule has 542 valence electrons. The minimum atomic E-state index is -0.229. The molecule has 4 aliphatic rings. The molecule has 112 heavy (non-hydrogen) atoms. The van der Waals surface area contributed by atoms with E-state index in [2.05, 4.69) is 420 Å². The Morgan fingerprint density at radius 1 is 0.232 bits per heavy atom. The highest BCUT2D eigenvalue weighted by atomic mass is 32.2. The fraction of sp³-hybridized carbons (Fsp3) is 0.151. The van der Waals surface area contributed by atoms with Gasteiger partial charge < -0.3 is 9.80 Å². The van der Waals surface area contributed by atoms with Gasteiger partial charge in [0.05, 0.1) is 5.69 Å². The fourth-order valence-electron chi connectivity index (χ4n) is 17.8. The molecule has 0 radical (unpaired) electrons. The van der Waals surface area contributed by atoms with Crippen LogP contribution < -0.4 is 42.6 Å². The minimum absolute atomic E-state index is 0.105. The summed E-state index contributed by atoms with van der Waals surface area (Å²) in [5.74, 6) is 0. The first-order chi connectivity index (χ1) is 54.1. The van der Waals surface area contributed by atoms with E-state index >= 15 is 0 Å². The molecular formula is C106H90B2N2S2. The lowest BCUT2D eigenvalue weighted by Crippen LogP contribution is -2.64. The van der Waals surface area contributed by atoms with E-state index in [4.69, 9.17) is 0 Å². The summed E-state index contributed by atoms with van der Waals surface area (Å²) in [6, 6.07) is 126. The maximum Gasteiger partial charge on any atom is 0.249 e. The average Bonchev–Trinajstić information content (AvgIpc) is 0.683. The van der Waals surface area contributed by atoms with Crippen molar-refractivity contribution in [2.24, 2.45) is 0 Å². The van der Waals surface area contributed by atoms with Gasteiger partial charge in [0.15, 0.2) is 0 Å². The zero-order valence-corrected chi connectivity index (χ0v) is 67.7. The molecule has 0 amide bonds. The molecule has 19 rings (SSSR count). The third-order valence-corrected chi connectivity index (χ3v) is 26.1. The molecule has 0 aliphatic carbocycles. The predicted octanol–water partition coefficient (Wildman–Crippen LogP) is 25.7. The Kier molecular flexibility index (Phi) is 17.3. The summed E-state index contributed by atoms with van der Waals surface area (Å²) >= 11 is 3.94. The van der Waals surface area contributed by atoms with Crippen molar-refractivity contribution < 1.29 is 0 Å². The molecule has 0 spiro atoms. The number of benzene rings is 15. The van der Waals surface area contributed by atoms with Crippen LogP contribution in [0, 0.1) is 0 Å². The molecule has 0 atom stereocenters. The fourth-order valence-corrected chi connectivity index (χ4v) is 20.6. The van der Waals surface area contributed by atoms with Gasteiger partial charge in [0.2, 0.25) is 13.4 Å². The van der Waals surface area contributed by atoms with Crippen molar-refractivity contribution in [3.63, 3.8) is 0 Å². The first kappa shape index (κ1) is 71.1. The summed E-state index contributed by atoms with van der Waals surface area (Å²) in [6.07, 6.45) is 0. The average molecular weight is 1480 g/mol. The monoisotopic (exact) mass is 1480 g/mol. The van der Waals surface area contributed by atoms with Crippen LogP contribution >= 0.6 is 23.5 Å². The first-order valence-electron chi connectivity index (χ1n) is 39.8. The molecule has 0 fully saturated rings. The van der Waals surface area contributed by atoms with Gasteiger partial charge in [-0.05, 0) is 175 Å². The Hall–Kier alpha value is -11.3. The number of hydrogen-bond acceptors (Lipinski definition) is 4. The lowest BCUT2D eigenvalue weighted by atomic mass is 9.31. The third kappa shape index (κ3) is 12.3. The first-order valence-corrected chi connectivity index (χ1v) is 41.4. The second-order valence-electron chi connectivity index (χ2n) is 35.2. The van der Waals surface area contributed by atoms with Crippen LogP contribution in [0.4, 0.5) is 34.1 Å². The highest BCUT2D eigenvalue weighted by molar-refractivity contribution is 8.00. The summed E-state index contributed by atoms with van der Waals surface area (Å²) in [5.41, 5.74) is 38.8. The molecule has 4 aliphatic heterocycles. The Labute approximate surface area is 671 Å². The standard InChI is InChI=1S/C106H90B2N2S2/c1-103(2,3)77-55-73(56-78(63-77)104(4,5)6)75-59-92-98-94(61-75)111-101-86(53-51-82(67-35-20-13-21-36-67)96(101)71-43-28-17-29-44-71)107(98)88-65-89-91(66-90(88)109(92)81-47-32-19-33-48-81)110(100-84(69-39-24-15-25-40-69)49-34-50-85(100)70-41-26-16-27-42-70)93-60-76(74-57-79(105(7,8)9)64-80(58-74)106(10,11)12)62-95-99(93)108(89)87-54-52-83(68-37-22-14-23-38-68)97(102(87)112-95)72-45-30-18-31-46-72/h13-66H,1-12H3. The minimum Gasteiger partial charge on any atom is -0.311 e. The summed E-state index contributed by atoms with van der Waals surface area (Å²) < 4.78 is 0. The Balaban J connectivity index is 0.995. The smallest absolute Gasteiger partial charge is 0.249 e. The largest absolute Gasteiger partial charge is 0.311 e. The van der Waals surface area contributed by atoms with Crippen molar-refractivity contribution in [3.05, 3.63) is 350 Å². The predicted molar refractivity (Wildman–Crippen MR) is 485 cm³/mol. The number of fused-ring (bicyclic) bond motifs is 8. The molecule has 0 N–H and O–H groups in total. The lowest BCUT2D eigenvalue weighted by Gasteiger charge is -2.45. The number of nitrogens with zero attached hydrogens (tertiary/aromatic N) is 2. The van der Waals surface area contributed by atoms with Crippen molar-refractivity contribution in [2.75, 3.05) is 9.80 Å². The molecule has 2 nitrogen and oxygen atoms in total. The SMILES string of the molecule is CC(C)(C)c1cc(-c2cc3c4c(c2)N(c2ccccc2)c2cc5c(cc2B4c2ccc(-c4ccccc4)c(-c4ccccc4)c2S3)B2c3ccc(-c4ccccc4)c(-c4ccccc4)c3Sc3cc(-c4cc(C(C)(C)C)cc(C(C)(C)C)c4)cc(c32)N5c2c(-c3ccccc3)cccc2-c2ccccc2)cc(C(C)(C)C)c1. The number of hydrogen-bond donors (Lipinski definition) is 0. The van der Waals surface area contributed by atoms with E-state index in [-0.39, 0.29) is 35.1 Å². The van der Waals surface area contributed by atoms with E-state index in [9.17, 15) is 0 Å². The Bertz CT molecular complexity index is 6090. The van der Waals surface area contributed by atoms with Crippen molar-refractivity contribution in [1.82, 2.24) is 0 Å². The number of anilines is 6. The van der Waals surface area contributed by atoms with Crippen LogP contribution in [0.1, 0.15) is 105 Å². The highest BCUT2D eigenvalue weighted by Crippen LogP contribution is 2.55. The van der Waals surface area contributed by atoms with E-state index in [1.54, 1.807) is 0 Å². The van der Waals surface area contributed by atoms with Gasteiger partial charge in [-0.15, -0.1) is 0 Å². The molecule has 4 heterocycles. The molecular weight excluding hydrogens is 1390 g/mol. The maximum absolute atomic E-state index is 2.76. The zero-order valence-electron chi connectivity index (χ0n) is 66.0. The van der Waals surface area contributed by atoms with E-state index in [0.717, 1.165) is 45.0 Å². The lowest BCUT2D eigenvalue weighted by molar-refractivity contribution is 0.568. The van der Waals surface area contributed by atoms with Gasteiger partial charge in [-0.25, -0.2) is 0 Å². The summed E-state index contributed by atoms with van der Waals surface area (Å²) in [6.45, 7) is 28.0. The summed E-state index contributed by atoms with van der Waals surface area (Å²) in [5, 5.41) is 0. The van der Waals surface area contributed by atoms with Crippen LogP contribution in [0.2, 0.25) is 0 Å². The van der Waals surface area contributed by atoms with Crippen LogP contribution in [-0.4, -0.2) is 13.4 Å². The molecule has 15 aromatic rings. The highest BCUT2D eigenvalue weighted by Gasteiger charge is 2.49. The van der Waals surface area contributed by atoms with E-state index in [1.807, 2.05) is 23.5 Å². The molecule has 6 heteroatoms. The molecule has 0 saturated carbocycles. The molecule has 0 saturated heterocycles. The van der Waals surface area contributed by atoms with Crippen molar-refractivity contribution in [3.8, 4) is 89.0 Å². The normalized spacial score (nSPS) is 13.4. The van der Waals surface area contributed by atoms with Gasteiger partial charge in [-0.1, -0.05) is 403 Å². The molecule has 15 aromatic carbocycles. The zero-order chi connectivity index (χ0) is 76.7. The second-order valence-corrected chi connectivity index (χ2v) is 37.3. The van der Waals surface area contributed by atoms with Gasteiger partial charge in [0.1, 0.15) is 0 Å². The Morgan fingerprint density at radius 3 is 0.902 bits per heavy atom. The van der Waals surface area contributed by atoms with Crippen LogP contribution in [0.3, 0.4) is 0 Å². The van der Waals surface area contributed by atoms with Crippen LogP contribution in [0.5, 0.6) is 0 Å². The van der Waals surface area contributed by atoms with Crippen LogP contribution in [0.15, 0.2) is 347 Å². The van der Waals surface area contributed by atoms with Crippen molar-refractivity contribution >= 4 is 104 Å². The number of rotatable bonds is 10. The van der Waals surface area contributed by atoms with Gasteiger partial charge in [0, 0.05) is 70.3 Å². The molecule has 0 bridgehead atoms.